The van der Waals surface area contributed by atoms with Gasteiger partial charge in [-0.15, -0.1) is 13.2 Å². The molecule has 1 heterocycles. The number of nitro benzene ring substituents is 1. The number of carbonyl (C=O) groups is 1. The van der Waals surface area contributed by atoms with Crippen molar-refractivity contribution in [2.24, 2.45) is 0 Å². The lowest BCUT2D eigenvalue weighted by Crippen LogP contribution is -2.33. The van der Waals surface area contributed by atoms with Crippen molar-refractivity contribution >= 4 is 22.7 Å². The largest absolute Gasteiger partial charge is 0.573 e. The Bertz CT molecular complexity index is 1180. The second-order valence-electron chi connectivity index (χ2n) is 8.55. The summed E-state index contributed by atoms with van der Waals surface area (Å²) >= 11 is 0. The third-order valence-electron chi connectivity index (χ3n) is 4.72. The third-order valence-corrected chi connectivity index (χ3v) is 4.72. The Morgan fingerprint density at radius 3 is 2.38 bits per heavy atom. The smallest absolute Gasteiger partial charge is 0.444 e. The van der Waals surface area contributed by atoms with Crippen molar-refractivity contribution in [2.45, 2.75) is 45.7 Å². The van der Waals surface area contributed by atoms with E-state index in [-0.39, 0.29) is 11.4 Å². The van der Waals surface area contributed by atoms with E-state index in [1.165, 1.54) is 36.4 Å². The van der Waals surface area contributed by atoms with Crippen LogP contribution in [0.4, 0.5) is 23.7 Å². The van der Waals surface area contributed by atoms with E-state index in [0.29, 0.717) is 41.5 Å². The van der Waals surface area contributed by atoms with Crippen LogP contribution in [0.1, 0.15) is 27.2 Å². The molecule has 0 atom stereocenters. The van der Waals surface area contributed by atoms with Gasteiger partial charge in [-0.2, -0.15) is 0 Å². The predicted molar refractivity (Wildman–Crippen MR) is 120 cm³/mol. The summed E-state index contributed by atoms with van der Waals surface area (Å²) in [5.74, 6) is -0.362. The topological polar surface area (TPSA) is 95.6 Å². The number of ether oxygens (including phenoxy) is 2. The fraction of sp³-hybridized carbons (Fsp3) is 0.348. The van der Waals surface area contributed by atoms with Crippen LogP contribution in [0.15, 0.2) is 48.7 Å². The molecule has 2 aromatic carbocycles. The van der Waals surface area contributed by atoms with Crippen LogP contribution >= 0.6 is 0 Å². The van der Waals surface area contributed by atoms with Gasteiger partial charge < -0.3 is 19.4 Å². The van der Waals surface area contributed by atoms with Crippen molar-refractivity contribution in [3.63, 3.8) is 0 Å². The molecule has 0 aliphatic carbocycles. The lowest BCUT2D eigenvalue weighted by atomic mass is 10.0. The monoisotopic (exact) mass is 479 g/mol. The van der Waals surface area contributed by atoms with Crippen molar-refractivity contribution in [3.8, 4) is 16.9 Å². The van der Waals surface area contributed by atoms with Gasteiger partial charge in [-0.05, 0) is 51.0 Å². The highest BCUT2D eigenvalue weighted by molar-refractivity contribution is 5.97. The molecular formula is C23H24F3N3O5. The number of halogens is 3. The van der Waals surface area contributed by atoms with Crippen LogP contribution in [0.3, 0.4) is 0 Å². The molecule has 0 saturated carbocycles. The van der Waals surface area contributed by atoms with Crippen LogP contribution in [0.25, 0.3) is 22.0 Å². The molecule has 3 rings (SSSR count). The number of alkyl carbamates (subject to hydrolysis) is 1. The number of hydrogen-bond donors (Lipinski definition) is 1. The van der Waals surface area contributed by atoms with Crippen molar-refractivity contribution in [1.29, 1.82) is 0 Å². The van der Waals surface area contributed by atoms with Gasteiger partial charge in [0.25, 0.3) is 5.69 Å². The molecule has 0 unspecified atom stereocenters. The van der Waals surface area contributed by atoms with E-state index in [1.54, 1.807) is 33.0 Å². The zero-order chi connectivity index (χ0) is 25.1. The predicted octanol–water partition coefficient (Wildman–Crippen LogP) is 6.03. The standard InChI is InChI=1S/C23H24F3N3O5/c1-22(2,3)34-21(30)27-11-4-12-28-14-19(18-13-16(29(31)32)7-10-20(18)28)15-5-8-17(9-6-15)33-23(24,25)26/h5-10,13-14H,4,11-12H2,1-3H3,(H,27,30). The minimum absolute atomic E-state index is 0.102. The number of non-ortho nitro benzene ring substituents is 1. The first-order valence-corrected chi connectivity index (χ1v) is 10.4. The summed E-state index contributed by atoms with van der Waals surface area (Å²) in [6.45, 7) is 6.13. The van der Waals surface area contributed by atoms with Crippen LogP contribution < -0.4 is 10.1 Å². The number of alkyl halides is 3. The SMILES string of the molecule is CC(C)(C)OC(=O)NCCCn1cc(-c2ccc(OC(F)(F)F)cc2)c2cc([N+](=O)[O-])ccc21. The molecule has 34 heavy (non-hydrogen) atoms. The molecule has 11 heteroatoms. The quantitative estimate of drug-likeness (QED) is 0.254. The Balaban J connectivity index is 1.83. The average molecular weight is 479 g/mol. The number of nitrogens with zero attached hydrogens (tertiary/aromatic N) is 2. The molecule has 1 N–H and O–H groups in total. The second-order valence-corrected chi connectivity index (χ2v) is 8.55. The van der Waals surface area contributed by atoms with E-state index in [9.17, 15) is 28.1 Å². The van der Waals surface area contributed by atoms with E-state index in [4.69, 9.17) is 4.74 Å². The Kier molecular flexibility index (Phi) is 7.04. The summed E-state index contributed by atoms with van der Waals surface area (Å²) in [6.07, 6.45) is -2.99. The first-order chi connectivity index (χ1) is 15.8. The Hall–Kier alpha value is -3.76. The van der Waals surface area contributed by atoms with Gasteiger partial charge in [0.2, 0.25) is 0 Å². The minimum atomic E-state index is -4.80. The maximum absolute atomic E-state index is 12.5. The first kappa shape index (κ1) is 24.9. The van der Waals surface area contributed by atoms with Gasteiger partial charge in [0.05, 0.1) is 4.92 Å². The molecule has 0 aliphatic heterocycles. The van der Waals surface area contributed by atoms with Crippen LogP contribution in [-0.4, -0.2) is 34.1 Å². The van der Waals surface area contributed by atoms with Gasteiger partial charge >= 0.3 is 12.5 Å². The van der Waals surface area contributed by atoms with Crippen molar-refractivity contribution in [2.75, 3.05) is 6.54 Å². The van der Waals surface area contributed by atoms with E-state index in [0.717, 1.165) is 0 Å². The van der Waals surface area contributed by atoms with Gasteiger partial charge in [-0.3, -0.25) is 10.1 Å². The number of rotatable bonds is 7. The summed E-state index contributed by atoms with van der Waals surface area (Å²) in [6, 6.07) is 9.75. The number of hydrogen-bond acceptors (Lipinski definition) is 5. The van der Waals surface area contributed by atoms with Crippen molar-refractivity contribution in [1.82, 2.24) is 9.88 Å². The molecule has 1 amide bonds. The molecule has 8 nitrogen and oxygen atoms in total. The number of amides is 1. The zero-order valence-electron chi connectivity index (χ0n) is 18.8. The highest BCUT2D eigenvalue weighted by atomic mass is 19.4. The average Bonchev–Trinajstić information content (AvgIpc) is 3.07. The summed E-state index contributed by atoms with van der Waals surface area (Å²) in [7, 11) is 0. The van der Waals surface area contributed by atoms with Gasteiger partial charge in [-0.1, -0.05) is 12.1 Å². The maximum atomic E-state index is 12.5. The summed E-state index contributed by atoms with van der Waals surface area (Å²) in [4.78, 5) is 22.6. The summed E-state index contributed by atoms with van der Waals surface area (Å²) in [5.41, 5.74) is 1.21. The lowest BCUT2D eigenvalue weighted by Gasteiger charge is -2.19. The van der Waals surface area contributed by atoms with Crippen LogP contribution in [0.5, 0.6) is 5.75 Å². The molecule has 1 aromatic heterocycles. The van der Waals surface area contributed by atoms with Crippen LogP contribution in [0, 0.1) is 10.1 Å². The maximum Gasteiger partial charge on any atom is 0.573 e. The number of aromatic nitrogens is 1. The zero-order valence-corrected chi connectivity index (χ0v) is 18.8. The highest BCUT2D eigenvalue weighted by Crippen LogP contribution is 2.34. The number of aryl methyl sites for hydroxylation is 1. The fourth-order valence-corrected chi connectivity index (χ4v) is 3.40. The molecule has 0 saturated heterocycles. The summed E-state index contributed by atoms with van der Waals surface area (Å²) < 4.78 is 48.3. The summed E-state index contributed by atoms with van der Waals surface area (Å²) in [5, 5.41) is 14.5. The minimum Gasteiger partial charge on any atom is -0.444 e. The molecule has 0 spiro atoms. The molecular weight excluding hydrogens is 455 g/mol. The lowest BCUT2D eigenvalue weighted by molar-refractivity contribution is -0.384. The van der Waals surface area contributed by atoms with Crippen molar-refractivity contribution in [3.05, 3.63) is 58.8 Å². The van der Waals surface area contributed by atoms with Gasteiger partial charge in [0.1, 0.15) is 11.4 Å². The molecule has 0 aliphatic rings. The molecule has 0 bridgehead atoms. The van der Waals surface area contributed by atoms with E-state index < -0.39 is 23.0 Å². The number of nitrogens with one attached hydrogen (secondary N) is 1. The van der Waals surface area contributed by atoms with Gasteiger partial charge in [0, 0.05) is 47.9 Å². The first-order valence-electron chi connectivity index (χ1n) is 10.4. The van der Waals surface area contributed by atoms with Crippen LogP contribution in [-0.2, 0) is 11.3 Å². The number of carbonyl (C=O) groups excluding carboxylic acids is 1. The number of benzene rings is 2. The molecule has 3 aromatic rings. The fourth-order valence-electron chi connectivity index (χ4n) is 3.40. The molecule has 0 radical (unpaired) electrons. The van der Waals surface area contributed by atoms with E-state index >= 15 is 0 Å². The van der Waals surface area contributed by atoms with E-state index in [2.05, 4.69) is 10.1 Å². The van der Waals surface area contributed by atoms with Crippen LogP contribution in [0.2, 0.25) is 0 Å². The van der Waals surface area contributed by atoms with Crippen molar-refractivity contribution < 1.29 is 32.4 Å². The van der Waals surface area contributed by atoms with E-state index in [1.807, 2.05) is 4.57 Å². The second kappa shape index (κ2) is 9.62. The Morgan fingerprint density at radius 2 is 1.79 bits per heavy atom. The molecule has 182 valence electrons. The Labute approximate surface area is 193 Å². The molecule has 0 fully saturated rings. The highest BCUT2D eigenvalue weighted by Gasteiger charge is 2.31. The van der Waals surface area contributed by atoms with Gasteiger partial charge in [0.15, 0.2) is 0 Å². The third kappa shape index (κ3) is 6.63. The number of nitro groups is 1. The number of fused-ring (bicyclic) bond motifs is 1. The normalized spacial score (nSPS) is 11.9. The Morgan fingerprint density at radius 1 is 1.12 bits per heavy atom. The van der Waals surface area contributed by atoms with Gasteiger partial charge in [-0.25, -0.2) is 4.79 Å².